The number of piperidine rings is 1. The Labute approximate surface area is 87.8 Å². The highest BCUT2D eigenvalue weighted by molar-refractivity contribution is 5.01. The van der Waals surface area contributed by atoms with Gasteiger partial charge in [0.05, 0.1) is 0 Å². The molecule has 1 aliphatic heterocycles. The largest absolute Gasteiger partial charge is 0.316 e. The monoisotopic (exact) mass is 196 g/mol. The van der Waals surface area contributed by atoms with Gasteiger partial charge < -0.3 is 10.6 Å². The molecule has 1 saturated heterocycles. The van der Waals surface area contributed by atoms with E-state index in [1.54, 1.807) is 0 Å². The summed E-state index contributed by atoms with van der Waals surface area (Å²) in [6.07, 6.45) is 5.54. The van der Waals surface area contributed by atoms with Gasteiger partial charge in [0, 0.05) is 6.04 Å². The molecule has 2 atom stereocenters. The van der Waals surface area contributed by atoms with Crippen LogP contribution in [0.2, 0.25) is 0 Å². The first-order valence-electron chi connectivity index (χ1n) is 6.12. The molecule has 0 aromatic carbocycles. The minimum atomic E-state index is 0.588. The van der Waals surface area contributed by atoms with E-state index in [4.69, 9.17) is 0 Å². The molecule has 2 aliphatic rings. The SMILES string of the molecule is CC1(C)CC1NCCC1CCCNC1. The van der Waals surface area contributed by atoms with Crippen molar-refractivity contribution in [2.45, 2.75) is 45.6 Å². The Kier molecular flexibility index (Phi) is 3.13. The van der Waals surface area contributed by atoms with Crippen molar-refractivity contribution in [3.63, 3.8) is 0 Å². The number of hydrogen-bond acceptors (Lipinski definition) is 2. The Hall–Kier alpha value is -0.0800. The standard InChI is InChI=1S/C12H24N2/c1-12(2)8-11(12)14-7-5-10-4-3-6-13-9-10/h10-11,13-14H,3-9H2,1-2H3. The quantitative estimate of drug-likeness (QED) is 0.716. The van der Waals surface area contributed by atoms with Crippen molar-refractivity contribution in [3.05, 3.63) is 0 Å². The van der Waals surface area contributed by atoms with Gasteiger partial charge in [-0.15, -0.1) is 0 Å². The maximum Gasteiger partial charge on any atom is 0.0124 e. The molecular weight excluding hydrogens is 172 g/mol. The summed E-state index contributed by atoms with van der Waals surface area (Å²) in [6.45, 7) is 8.41. The third-order valence-electron chi connectivity index (χ3n) is 3.86. The van der Waals surface area contributed by atoms with Crippen LogP contribution in [0.4, 0.5) is 0 Å². The third kappa shape index (κ3) is 2.71. The zero-order valence-corrected chi connectivity index (χ0v) is 9.60. The molecule has 2 fully saturated rings. The molecule has 0 amide bonds. The fourth-order valence-corrected chi connectivity index (χ4v) is 2.45. The first-order valence-corrected chi connectivity index (χ1v) is 6.12. The molecule has 1 heterocycles. The second kappa shape index (κ2) is 4.19. The minimum absolute atomic E-state index is 0.588. The van der Waals surface area contributed by atoms with E-state index in [0.29, 0.717) is 5.41 Å². The maximum absolute atomic E-state index is 3.67. The van der Waals surface area contributed by atoms with Crippen molar-refractivity contribution >= 4 is 0 Å². The van der Waals surface area contributed by atoms with Crippen molar-refractivity contribution in [3.8, 4) is 0 Å². The molecule has 0 spiro atoms. The van der Waals surface area contributed by atoms with Gasteiger partial charge in [-0.2, -0.15) is 0 Å². The summed E-state index contributed by atoms with van der Waals surface area (Å²) in [4.78, 5) is 0. The summed E-state index contributed by atoms with van der Waals surface area (Å²) in [5, 5.41) is 7.14. The molecule has 2 nitrogen and oxygen atoms in total. The molecule has 2 N–H and O–H groups in total. The first kappa shape index (κ1) is 10.4. The lowest BCUT2D eigenvalue weighted by Gasteiger charge is -2.22. The van der Waals surface area contributed by atoms with Gasteiger partial charge >= 0.3 is 0 Å². The molecular formula is C12H24N2. The highest BCUT2D eigenvalue weighted by Crippen LogP contribution is 2.44. The summed E-state index contributed by atoms with van der Waals surface area (Å²) >= 11 is 0. The predicted octanol–water partition coefficient (Wildman–Crippen LogP) is 1.76. The van der Waals surface area contributed by atoms with E-state index in [1.165, 1.54) is 45.3 Å². The lowest BCUT2D eigenvalue weighted by molar-refractivity contribution is 0.349. The third-order valence-corrected chi connectivity index (χ3v) is 3.86. The van der Waals surface area contributed by atoms with Crippen molar-refractivity contribution in [1.82, 2.24) is 10.6 Å². The molecule has 0 aromatic rings. The van der Waals surface area contributed by atoms with Gasteiger partial charge in [0.15, 0.2) is 0 Å². The topological polar surface area (TPSA) is 24.1 Å². The molecule has 0 radical (unpaired) electrons. The second-order valence-corrected chi connectivity index (χ2v) is 5.70. The Balaban J connectivity index is 1.54. The molecule has 1 saturated carbocycles. The average Bonchev–Trinajstić information content (AvgIpc) is 2.76. The minimum Gasteiger partial charge on any atom is -0.316 e. The van der Waals surface area contributed by atoms with Crippen LogP contribution < -0.4 is 10.6 Å². The van der Waals surface area contributed by atoms with Crippen LogP contribution in [0.1, 0.15) is 39.5 Å². The van der Waals surface area contributed by atoms with Crippen molar-refractivity contribution in [2.24, 2.45) is 11.3 Å². The second-order valence-electron chi connectivity index (χ2n) is 5.70. The highest BCUT2D eigenvalue weighted by atomic mass is 15.0. The fourth-order valence-electron chi connectivity index (χ4n) is 2.45. The van der Waals surface area contributed by atoms with Gasteiger partial charge in [0.2, 0.25) is 0 Å². The van der Waals surface area contributed by atoms with E-state index < -0.39 is 0 Å². The van der Waals surface area contributed by atoms with E-state index in [9.17, 15) is 0 Å². The lowest BCUT2D eigenvalue weighted by atomic mass is 9.96. The van der Waals surface area contributed by atoms with E-state index in [-0.39, 0.29) is 0 Å². The zero-order valence-electron chi connectivity index (χ0n) is 9.60. The smallest absolute Gasteiger partial charge is 0.0124 e. The lowest BCUT2D eigenvalue weighted by Crippen LogP contribution is -2.32. The van der Waals surface area contributed by atoms with E-state index in [0.717, 1.165) is 12.0 Å². The van der Waals surface area contributed by atoms with Crippen LogP contribution in [0.15, 0.2) is 0 Å². The van der Waals surface area contributed by atoms with E-state index in [1.807, 2.05) is 0 Å². The molecule has 2 heteroatoms. The van der Waals surface area contributed by atoms with Crippen LogP contribution in [0.3, 0.4) is 0 Å². The average molecular weight is 196 g/mol. The van der Waals surface area contributed by atoms with Gasteiger partial charge in [-0.3, -0.25) is 0 Å². The number of nitrogens with one attached hydrogen (secondary N) is 2. The van der Waals surface area contributed by atoms with Gasteiger partial charge in [-0.1, -0.05) is 13.8 Å². The van der Waals surface area contributed by atoms with Crippen LogP contribution in [0.25, 0.3) is 0 Å². The first-order chi connectivity index (χ1) is 6.68. The van der Waals surface area contributed by atoms with Crippen LogP contribution in [-0.4, -0.2) is 25.7 Å². The Morgan fingerprint density at radius 2 is 2.21 bits per heavy atom. The summed E-state index contributed by atoms with van der Waals surface area (Å²) in [7, 11) is 0. The summed E-state index contributed by atoms with van der Waals surface area (Å²) in [5.74, 6) is 0.929. The summed E-state index contributed by atoms with van der Waals surface area (Å²) in [5.41, 5.74) is 0.588. The number of rotatable bonds is 4. The fraction of sp³-hybridized carbons (Fsp3) is 1.00. The Morgan fingerprint density at radius 3 is 2.79 bits per heavy atom. The summed E-state index contributed by atoms with van der Waals surface area (Å²) in [6, 6.07) is 0.805. The van der Waals surface area contributed by atoms with Crippen molar-refractivity contribution in [1.29, 1.82) is 0 Å². The van der Waals surface area contributed by atoms with E-state index in [2.05, 4.69) is 24.5 Å². The zero-order chi connectivity index (χ0) is 10.0. The molecule has 2 unspecified atom stereocenters. The van der Waals surface area contributed by atoms with Crippen molar-refractivity contribution < 1.29 is 0 Å². The van der Waals surface area contributed by atoms with Gasteiger partial charge in [-0.25, -0.2) is 0 Å². The van der Waals surface area contributed by atoms with Crippen LogP contribution >= 0.6 is 0 Å². The van der Waals surface area contributed by atoms with E-state index >= 15 is 0 Å². The Bertz CT molecular complexity index is 183. The van der Waals surface area contributed by atoms with Gasteiger partial charge in [0.1, 0.15) is 0 Å². The highest BCUT2D eigenvalue weighted by Gasteiger charge is 2.44. The van der Waals surface area contributed by atoms with Crippen molar-refractivity contribution in [2.75, 3.05) is 19.6 Å². The normalized spacial score (nSPS) is 35.6. The maximum atomic E-state index is 3.67. The number of hydrogen-bond donors (Lipinski definition) is 2. The van der Waals surface area contributed by atoms with Crippen LogP contribution in [-0.2, 0) is 0 Å². The van der Waals surface area contributed by atoms with Crippen LogP contribution in [0, 0.1) is 11.3 Å². The predicted molar refractivity (Wildman–Crippen MR) is 60.4 cm³/mol. The van der Waals surface area contributed by atoms with Crippen LogP contribution in [0.5, 0.6) is 0 Å². The Morgan fingerprint density at radius 1 is 1.43 bits per heavy atom. The molecule has 82 valence electrons. The molecule has 1 aliphatic carbocycles. The summed E-state index contributed by atoms with van der Waals surface area (Å²) < 4.78 is 0. The van der Waals surface area contributed by atoms with Gasteiger partial charge in [0.25, 0.3) is 0 Å². The molecule has 2 rings (SSSR count). The molecule has 14 heavy (non-hydrogen) atoms. The van der Waals surface area contributed by atoms with Gasteiger partial charge in [-0.05, 0) is 56.7 Å². The molecule has 0 bridgehead atoms. The molecule has 0 aromatic heterocycles.